The summed E-state index contributed by atoms with van der Waals surface area (Å²) in [5.74, 6) is -2.10. The van der Waals surface area contributed by atoms with Crippen LogP contribution in [-0.4, -0.2) is 65.2 Å². The van der Waals surface area contributed by atoms with Crippen molar-refractivity contribution in [1.82, 2.24) is 9.80 Å². The number of carbonyl (C=O) groups is 2. The highest BCUT2D eigenvalue weighted by Gasteiger charge is 2.56. The predicted molar refractivity (Wildman–Crippen MR) is 90.8 cm³/mol. The first-order chi connectivity index (χ1) is 12.1. The standard InChI is InChI=1S/C19H24N2O4/c22-18(16-14-6-7-15(25-14)17(16)19(23)24)21-10-8-20(9-11-21)12-13-4-2-1-3-5-13/h1-5,14-17H,6-12H2,(H,23,24). The number of hydrogen-bond donors (Lipinski definition) is 1. The molecular weight excluding hydrogens is 320 g/mol. The minimum Gasteiger partial charge on any atom is -0.481 e. The average Bonchev–Trinajstić information content (AvgIpc) is 3.24. The number of ether oxygens (including phenoxy) is 1. The molecule has 2 bridgehead atoms. The van der Waals surface area contributed by atoms with E-state index in [-0.39, 0.29) is 18.1 Å². The van der Waals surface area contributed by atoms with Crippen LogP contribution in [0, 0.1) is 11.8 Å². The molecule has 6 nitrogen and oxygen atoms in total. The number of amides is 1. The molecule has 3 saturated heterocycles. The van der Waals surface area contributed by atoms with Crippen molar-refractivity contribution in [3.05, 3.63) is 35.9 Å². The molecule has 4 rings (SSSR count). The van der Waals surface area contributed by atoms with Crippen LogP contribution < -0.4 is 0 Å². The van der Waals surface area contributed by atoms with Crippen molar-refractivity contribution in [3.8, 4) is 0 Å². The molecule has 3 aliphatic rings. The maximum absolute atomic E-state index is 12.9. The first kappa shape index (κ1) is 16.5. The number of nitrogens with zero attached hydrogens (tertiary/aromatic N) is 2. The van der Waals surface area contributed by atoms with Gasteiger partial charge in [0.1, 0.15) is 0 Å². The molecule has 3 aliphatic heterocycles. The lowest BCUT2D eigenvalue weighted by Crippen LogP contribution is -2.53. The molecule has 0 spiro atoms. The van der Waals surface area contributed by atoms with Crippen molar-refractivity contribution in [2.75, 3.05) is 26.2 Å². The van der Waals surface area contributed by atoms with Gasteiger partial charge in [-0.25, -0.2) is 0 Å². The van der Waals surface area contributed by atoms with E-state index in [4.69, 9.17) is 4.74 Å². The normalized spacial score (nSPS) is 32.1. The van der Waals surface area contributed by atoms with Crippen LogP contribution in [-0.2, 0) is 20.9 Å². The molecular formula is C19H24N2O4. The van der Waals surface area contributed by atoms with E-state index in [2.05, 4.69) is 17.0 Å². The van der Waals surface area contributed by atoms with Crippen LogP contribution in [0.2, 0.25) is 0 Å². The largest absolute Gasteiger partial charge is 0.481 e. The van der Waals surface area contributed by atoms with Crippen molar-refractivity contribution in [2.45, 2.75) is 31.6 Å². The van der Waals surface area contributed by atoms with Crippen molar-refractivity contribution in [2.24, 2.45) is 11.8 Å². The molecule has 6 heteroatoms. The Bertz CT molecular complexity index is 642. The van der Waals surface area contributed by atoms with Gasteiger partial charge in [0.05, 0.1) is 24.0 Å². The fraction of sp³-hybridized carbons (Fsp3) is 0.579. The summed E-state index contributed by atoms with van der Waals surface area (Å²) < 4.78 is 5.73. The van der Waals surface area contributed by atoms with E-state index in [1.54, 1.807) is 0 Å². The summed E-state index contributed by atoms with van der Waals surface area (Å²) in [7, 11) is 0. The molecule has 1 N–H and O–H groups in total. The van der Waals surface area contributed by atoms with Gasteiger partial charge in [-0.3, -0.25) is 14.5 Å². The van der Waals surface area contributed by atoms with Crippen LogP contribution in [0.15, 0.2) is 30.3 Å². The Morgan fingerprint density at radius 3 is 2.28 bits per heavy atom. The highest BCUT2D eigenvalue weighted by molar-refractivity contribution is 5.86. The topological polar surface area (TPSA) is 70.1 Å². The highest BCUT2D eigenvalue weighted by atomic mass is 16.5. The van der Waals surface area contributed by atoms with Crippen molar-refractivity contribution < 1.29 is 19.4 Å². The second-order valence-corrected chi connectivity index (χ2v) is 7.27. The van der Waals surface area contributed by atoms with Gasteiger partial charge in [0, 0.05) is 32.7 Å². The number of fused-ring (bicyclic) bond motifs is 2. The monoisotopic (exact) mass is 344 g/mol. The molecule has 1 amide bonds. The molecule has 4 atom stereocenters. The molecule has 25 heavy (non-hydrogen) atoms. The van der Waals surface area contributed by atoms with E-state index in [1.807, 2.05) is 23.1 Å². The zero-order valence-electron chi connectivity index (χ0n) is 14.2. The van der Waals surface area contributed by atoms with E-state index in [9.17, 15) is 14.7 Å². The zero-order chi connectivity index (χ0) is 17.4. The van der Waals surface area contributed by atoms with Crippen LogP contribution in [0.3, 0.4) is 0 Å². The fourth-order valence-corrected chi connectivity index (χ4v) is 4.48. The van der Waals surface area contributed by atoms with Crippen molar-refractivity contribution in [3.63, 3.8) is 0 Å². The maximum Gasteiger partial charge on any atom is 0.310 e. The summed E-state index contributed by atoms with van der Waals surface area (Å²) in [4.78, 5) is 28.7. The summed E-state index contributed by atoms with van der Waals surface area (Å²) in [6, 6.07) is 10.3. The van der Waals surface area contributed by atoms with Gasteiger partial charge in [-0.05, 0) is 18.4 Å². The Labute approximate surface area is 147 Å². The van der Waals surface area contributed by atoms with E-state index in [0.717, 1.165) is 32.5 Å². The minimum absolute atomic E-state index is 0.0287. The third-order valence-electron chi connectivity index (χ3n) is 5.78. The zero-order valence-corrected chi connectivity index (χ0v) is 14.2. The summed E-state index contributed by atoms with van der Waals surface area (Å²) in [6.45, 7) is 3.84. The van der Waals surface area contributed by atoms with E-state index in [0.29, 0.717) is 13.1 Å². The SMILES string of the molecule is O=C(O)C1C2CCC(O2)C1C(=O)N1CCN(Cc2ccccc2)CC1. The third-order valence-corrected chi connectivity index (χ3v) is 5.78. The highest BCUT2D eigenvalue weighted by Crippen LogP contribution is 2.44. The van der Waals surface area contributed by atoms with Gasteiger partial charge in [-0.2, -0.15) is 0 Å². The smallest absolute Gasteiger partial charge is 0.310 e. The van der Waals surface area contributed by atoms with Crippen LogP contribution in [0.25, 0.3) is 0 Å². The molecule has 3 heterocycles. The number of piperazine rings is 1. The van der Waals surface area contributed by atoms with Gasteiger partial charge < -0.3 is 14.7 Å². The lowest BCUT2D eigenvalue weighted by atomic mass is 9.78. The molecule has 0 aliphatic carbocycles. The number of aliphatic carboxylic acids is 1. The lowest BCUT2D eigenvalue weighted by molar-refractivity contribution is -0.151. The van der Waals surface area contributed by atoms with Gasteiger partial charge in [0.15, 0.2) is 0 Å². The Balaban J connectivity index is 1.36. The second-order valence-electron chi connectivity index (χ2n) is 7.27. The molecule has 0 aromatic heterocycles. The van der Waals surface area contributed by atoms with E-state index in [1.165, 1.54) is 5.56 Å². The number of benzene rings is 1. The number of carboxylic acid groups (broad SMARTS) is 1. The third kappa shape index (κ3) is 3.16. The lowest BCUT2D eigenvalue weighted by Gasteiger charge is -2.37. The minimum atomic E-state index is -0.895. The van der Waals surface area contributed by atoms with Gasteiger partial charge in [-0.1, -0.05) is 30.3 Å². The summed E-state index contributed by atoms with van der Waals surface area (Å²) in [5, 5.41) is 9.50. The fourth-order valence-electron chi connectivity index (χ4n) is 4.48. The van der Waals surface area contributed by atoms with Gasteiger partial charge >= 0.3 is 5.97 Å². The molecule has 3 fully saturated rings. The number of hydrogen-bond acceptors (Lipinski definition) is 4. The molecule has 0 saturated carbocycles. The van der Waals surface area contributed by atoms with E-state index < -0.39 is 17.8 Å². The van der Waals surface area contributed by atoms with Gasteiger partial charge in [-0.15, -0.1) is 0 Å². The molecule has 0 radical (unpaired) electrons. The molecule has 1 aromatic carbocycles. The quantitative estimate of drug-likeness (QED) is 0.889. The Hall–Kier alpha value is -1.92. The predicted octanol–water partition coefficient (Wildman–Crippen LogP) is 1.21. The van der Waals surface area contributed by atoms with Crippen LogP contribution in [0.4, 0.5) is 0 Å². The maximum atomic E-state index is 12.9. The Kier molecular flexibility index (Phi) is 4.48. The van der Waals surface area contributed by atoms with Crippen molar-refractivity contribution in [1.29, 1.82) is 0 Å². The first-order valence-electron chi connectivity index (χ1n) is 9.07. The van der Waals surface area contributed by atoms with Crippen LogP contribution >= 0.6 is 0 Å². The van der Waals surface area contributed by atoms with Crippen LogP contribution in [0.5, 0.6) is 0 Å². The average molecular weight is 344 g/mol. The van der Waals surface area contributed by atoms with Crippen LogP contribution in [0.1, 0.15) is 18.4 Å². The summed E-state index contributed by atoms with van der Waals surface area (Å²) in [6.07, 6.45) is 1.08. The second kappa shape index (κ2) is 6.77. The molecule has 1 aromatic rings. The number of rotatable bonds is 4. The molecule has 134 valence electrons. The van der Waals surface area contributed by atoms with Gasteiger partial charge in [0.2, 0.25) is 5.91 Å². The van der Waals surface area contributed by atoms with Gasteiger partial charge in [0.25, 0.3) is 0 Å². The van der Waals surface area contributed by atoms with Crippen molar-refractivity contribution >= 4 is 11.9 Å². The first-order valence-corrected chi connectivity index (χ1v) is 9.07. The summed E-state index contributed by atoms with van der Waals surface area (Å²) >= 11 is 0. The summed E-state index contributed by atoms with van der Waals surface area (Å²) in [5.41, 5.74) is 1.27. The van der Waals surface area contributed by atoms with E-state index >= 15 is 0 Å². The Morgan fingerprint density at radius 2 is 1.64 bits per heavy atom. The number of carbonyl (C=O) groups excluding carboxylic acids is 1. The molecule has 4 unspecified atom stereocenters. The number of carboxylic acids is 1. The Morgan fingerprint density at radius 1 is 1.00 bits per heavy atom.